The largest absolute Gasteiger partial charge is 0.506 e. The molecule has 136 valence electrons. The molecular formula is C20H16N2O5. The molecular weight excluding hydrogens is 348 g/mol. The summed E-state index contributed by atoms with van der Waals surface area (Å²) in [4.78, 5) is 36.1. The number of aryl methyl sites for hydroxylation is 2. The molecule has 0 radical (unpaired) electrons. The van der Waals surface area contributed by atoms with Gasteiger partial charge in [-0.2, -0.15) is 0 Å². The molecule has 1 aliphatic rings. The number of pyridine rings is 1. The number of hydrogen-bond acceptors (Lipinski definition) is 4. The highest BCUT2D eigenvalue weighted by Gasteiger charge is 2.26. The van der Waals surface area contributed by atoms with Crippen molar-refractivity contribution in [2.75, 3.05) is 5.32 Å². The van der Waals surface area contributed by atoms with Gasteiger partial charge in [-0.3, -0.25) is 14.4 Å². The number of amides is 1. The molecule has 1 aromatic heterocycles. The van der Waals surface area contributed by atoms with E-state index in [2.05, 4.69) is 5.32 Å². The van der Waals surface area contributed by atoms with Crippen molar-refractivity contribution < 1.29 is 19.8 Å². The van der Waals surface area contributed by atoms with E-state index < -0.39 is 17.4 Å². The summed E-state index contributed by atoms with van der Waals surface area (Å²) in [6.45, 7) is 0.471. The van der Waals surface area contributed by atoms with Crippen LogP contribution in [0, 0.1) is 0 Å². The number of para-hydroxylation sites is 1. The third kappa shape index (κ3) is 2.83. The minimum atomic E-state index is -0.946. The molecule has 3 N–H and O–H groups in total. The van der Waals surface area contributed by atoms with Crippen LogP contribution in [0.1, 0.15) is 21.5 Å². The highest BCUT2D eigenvalue weighted by atomic mass is 16.4. The van der Waals surface area contributed by atoms with Crippen molar-refractivity contribution in [3.05, 3.63) is 69.5 Å². The molecule has 0 saturated heterocycles. The molecule has 3 aromatic rings. The molecule has 0 saturated carbocycles. The highest BCUT2D eigenvalue weighted by Crippen LogP contribution is 2.32. The van der Waals surface area contributed by atoms with E-state index in [0.29, 0.717) is 35.1 Å². The fourth-order valence-electron chi connectivity index (χ4n) is 3.50. The Bertz CT molecular complexity index is 1150. The zero-order valence-corrected chi connectivity index (χ0v) is 14.2. The lowest BCUT2D eigenvalue weighted by Crippen LogP contribution is -2.28. The van der Waals surface area contributed by atoms with E-state index in [1.807, 2.05) is 6.07 Å². The number of nitrogens with zero attached hydrogens (tertiary/aromatic N) is 1. The van der Waals surface area contributed by atoms with Gasteiger partial charge in [-0.1, -0.05) is 24.3 Å². The molecule has 0 atom stereocenters. The van der Waals surface area contributed by atoms with Crippen molar-refractivity contribution >= 4 is 28.5 Å². The molecule has 4 rings (SSSR count). The molecule has 0 unspecified atom stereocenters. The topological polar surface area (TPSA) is 109 Å². The molecule has 2 heterocycles. The molecule has 0 bridgehead atoms. The lowest BCUT2D eigenvalue weighted by Gasteiger charge is -2.12. The van der Waals surface area contributed by atoms with Crippen molar-refractivity contribution in [3.8, 4) is 5.75 Å². The van der Waals surface area contributed by atoms with Gasteiger partial charge in [0, 0.05) is 17.6 Å². The van der Waals surface area contributed by atoms with Gasteiger partial charge in [-0.15, -0.1) is 0 Å². The summed E-state index contributed by atoms with van der Waals surface area (Å²) >= 11 is 0. The summed E-state index contributed by atoms with van der Waals surface area (Å²) in [6, 6.07) is 11.7. The minimum Gasteiger partial charge on any atom is -0.506 e. The van der Waals surface area contributed by atoms with E-state index in [1.54, 1.807) is 36.4 Å². The summed E-state index contributed by atoms with van der Waals surface area (Å²) in [5, 5.41) is 22.4. The SMILES string of the molecule is O=C(O)Cc1ccc(NC(=O)c2c(O)c3cccc4c3n(c2=O)CC4)cc1. The summed E-state index contributed by atoms with van der Waals surface area (Å²) in [5.41, 5.74) is 1.83. The monoisotopic (exact) mass is 364 g/mol. The van der Waals surface area contributed by atoms with Crippen molar-refractivity contribution in [2.24, 2.45) is 0 Å². The van der Waals surface area contributed by atoms with E-state index in [-0.39, 0.29) is 17.7 Å². The van der Waals surface area contributed by atoms with E-state index in [9.17, 15) is 19.5 Å². The van der Waals surface area contributed by atoms with Crippen LogP contribution in [-0.2, 0) is 24.2 Å². The molecule has 1 amide bonds. The van der Waals surface area contributed by atoms with Crippen LogP contribution in [0.3, 0.4) is 0 Å². The maximum Gasteiger partial charge on any atom is 0.307 e. The van der Waals surface area contributed by atoms with Gasteiger partial charge in [0.15, 0.2) is 0 Å². The van der Waals surface area contributed by atoms with Crippen LogP contribution in [0.2, 0.25) is 0 Å². The third-order valence-corrected chi connectivity index (χ3v) is 4.74. The van der Waals surface area contributed by atoms with Crippen LogP contribution in [0.25, 0.3) is 10.9 Å². The Kier molecular flexibility index (Phi) is 3.92. The first kappa shape index (κ1) is 16.8. The number of aliphatic carboxylic acids is 1. The van der Waals surface area contributed by atoms with Gasteiger partial charge < -0.3 is 20.1 Å². The minimum absolute atomic E-state index is 0.118. The number of aromatic hydroxyl groups is 1. The average Bonchev–Trinajstić information content (AvgIpc) is 3.06. The number of anilines is 1. The van der Waals surface area contributed by atoms with E-state index in [1.165, 1.54) is 4.57 Å². The number of carboxylic acid groups (broad SMARTS) is 1. The van der Waals surface area contributed by atoms with E-state index >= 15 is 0 Å². The van der Waals surface area contributed by atoms with Gasteiger partial charge >= 0.3 is 5.97 Å². The van der Waals surface area contributed by atoms with Gasteiger partial charge in [0.05, 0.1) is 11.9 Å². The fraction of sp³-hybridized carbons (Fsp3) is 0.150. The van der Waals surface area contributed by atoms with Crippen molar-refractivity contribution in [2.45, 2.75) is 19.4 Å². The molecule has 27 heavy (non-hydrogen) atoms. The van der Waals surface area contributed by atoms with Gasteiger partial charge in [0.1, 0.15) is 11.3 Å². The Balaban J connectivity index is 1.70. The first-order valence-corrected chi connectivity index (χ1v) is 8.45. The van der Waals surface area contributed by atoms with Crippen LogP contribution < -0.4 is 10.9 Å². The summed E-state index contributed by atoms with van der Waals surface area (Å²) < 4.78 is 1.52. The summed E-state index contributed by atoms with van der Waals surface area (Å²) in [5.74, 6) is -1.97. The molecule has 1 aliphatic heterocycles. The number of carboxylic acids is 1. The number of nitrogens with one attached hydrogen (secondary N) is 1. The summed E-state index contributed by atoms with van der Waals surface area (Å²) in [7, 11) is 0. The average molecular weight is 364 g/mol. The van der Waals surface area contributed by atoms with Crippen LogP contribution >= 0.6 is 0 Å². The standard InChI is InChI=1S/C20H16N2O5/c23-15(24)10-11-4-6-13(7-5-11)21-19(26)16-18(25)14-3-1-2-12-8-9-22(17(12)14)20(16)27/h1-7,25H,8-10H2,(H,21,26)(H,23,24). The number of aromatic nitrogens is 1. The van der Waals surface area contributed by atoms with Crippen LogP contribution in [0.4, 0.5) is 5.69 Å². The van der Waals surface area contributed by atoms with E-state index in [0.717, 1.165) is 5.56 Å². The number of carbonyl (C=O) groups is 2. The number of carbonyl (C=O) groups excluding carboxylic acids is 1. The Hall–Kier alpha value is -3.61. The van der Waals surface area contributed by atoms with Crippen molar-refractivity contribution in [3.63, 3.8) is 0 Å². The maximum absolute atomic E-state index is 12.8. The molecule has 7 nitrogen and oxygen atoms in total. The van der Waals surface area contributed by atoms with Crippen LogP contribution in [0.5, 0.6) is 5.75 Å². The van der Waals surface area contributed by atoms with Gasteiger partial charge in [0.2, 0.25) is 0 Å². The first-order chi connectivity index (χ1) is 13.0. The lowest BCUT2D eigenvalue weighted by atomic mass is 10.1. The molecule has 7 heteroatoms. The molecule has 0 fully saturated rings. The van der Waals surface area contributed by atoms with Crippen LogP contribution in [0.15, 0.2) is 47.3 Å². The third-order valence-electron chi connectivity index (χ3n) is 4.74. The van der Waals surface area contributed by atoms with Crippen molar-refractivity contribution in [1.29, 1.82) is 0 Å². The van der Waals surface area contributed by atoms with Crippen molar-refractivity contribution in [1.82, 2.24) is 4.57 Å². The second kappa shape index (κ2) is 6.28. The Morgan fingerprint density at radius 3 is 2.56 bits per heavy atom. The number of hydrogen-bond donors (Lipinski definition) is 3. The zero-order chi connectivity index (χ0) is 19.1. The molecule has 0 aliphatic carbocycles. The zero-order valence-electron chi connectivity index (χ0n) is 14.2. The Labute approximate surface area is 153 Å². The molecule has 0 spiro atoms. The second-order valence-electron chi connectivity index (χ2n) is 6.47. The van der Waals surface area contributed by atoms with E-state index in [4.69, 9.17) is 5.11 Å². The predicted molar refractivity (Wildman–Crippen MR) is 99.3 cm³/mol. The number of benzene rings is 2. The van der Waals surface area contributed by atoms with Gasteiger partial charge in [-0.05, 0) is 35.7 Å². The smallest absolute Gasteiger partial charge is 0.307 e. The quantitative estimate of drug-likeness (QED) is 0.657. The lowest BCUT2D eigenvalue weighted by molar-refractivity contribution is -0.136. The highest BCUT2D eigenvalue weighted by molar-refractivity contribution is 6.09. The van der Waals surface area contributed by atoms with Gasteiger partial charge in [-0.25, -0.2) is 0 Å². The van der Waals surface area contributed by atoms with Crippen LogP contribution in [-0.4, -0.2) is 26.7 Å². The number of rotatable bonds is 4. The maximum atomic E-state index is 12.8. The normalized spacial score (nSPS) is 12.3. The van der Waals surface area contributed by atoms with Gasteiger partial charge in [0.25, 0.3) is 11.5 Å². The first-order valence-electron chi connectivity index (χ1n) is 8.45. The molecule has 2 aromatic carbocycles. The predicted octanol–water partition coefficient (Wildman–Crippen LogP) is 2.14. The summed E-state index contributed by atoms with van der Waals surface area (Å²) in [6.07, 6.45) is 0.564. The Morgan fingerprint density at radius 1 is 1.11 bits per heavy atom. The fourth-order valence-corrected chi connectivity index (χ4v) is 3.50. The second-order valence-corrected chi connectivity index (χ2v) is 6.47. The Morgan fingerprint density at radius 2 is 1.85 bits per heavy atom.